The van der Waals surface area contributed by atoms with E-state index in [4.69, 9.17) is 9.15 Å². The monoisotopic (exact) mass is 341 g/mol. The lowest BCUT2D eigenvalue weighted by Crippen LogP contribution is -2.38. The minimum Gasteiger partial charge on any atom is -0.486 e. The highest BCUT2D eigenvalue weighted by molar-refractivity contribution is 5.91. The van der Waals surface area contributed by atoms with Crippen LogP contribution in [0.15, 0.2) is 34.7 Å². The van der Waals surface area contributed by atoms with Crippen molar-refractivity contribution in [2.24, 2.45) is 0 Å². The number of nitrogens with zero attached hydrogens (tertiary/aromatic N) is 1. The predicted molar refractivity (Wildman–Crippen MR) is 97.9 cm³/mol. The largest absolute Gasteiger partial charge is 0.486 e. The molecule has 1 heterocycles. The van der Waals surface area contributed by atoms with Gasteiger partial charge in [0.05, 0.1) is 0 Å². The Hall–Kier alpha value is -2.23. The van der Waals surface area contributed by atoms with Crippen molar-refractivity contribution in [3.8, 4) is 5.75 Å². The number of hydrogen-bond acceptors (Lipinski definition) is 3. The fraction of sp³-hybridized carbons (Fsp3) is 0.476. The Morgan fingerprint density at radius 2 is 1.88 bits per heavy atom. The van der Waals surface area contributed by atoms with Gasteiger partial charge in [0.2, 0.25) is 0 Å². The Kier molecular flexibility index (Phi) is 5.47. The molecule has 25 heavy (non-hydrogen) atoms. The van der Waals surface area contributed by atoms with Crippen LogP contribution in [0.4, 0.5) is 0 Å². The van der Waals surface area contributed by atoms with Crippen LogP contribution in [0, 0.1) is 13.8 Å². The second kappa shape index (κ2) is 7.77. The van der Waals surface area contributed by atoms with Crippen LogP contribution in [0.1, 0.15) is 59.5 Å². The van der Waals surface area contributed by atoms with Gasteiger partial charge in [-0.25, -0.2) is 0 Å². The van der Waals surface area contributed by atoms with Gasteiger partial charge >= 0.3 is 0 Å². The molecule has 1 aliphatic carbocycles. The molecule has 1 saturated carbocycles. The summed E-state index contributed by atoms with van der Waals surface area (Å²) in [6, 6.07) is 9.92. The van der Waals surface area contributed by atoms with Crippen LogP contribution in [-0.2, 0) is 6.61 Å². The molecule has 0 spiro atoms. The summed E-state index contributed by atoms with van der Waals surface area (Å²) in [7, 11) is 1.88. The summed E-state index contributed by atoms with van der Waals surface area (Å²) in [6.07, 6.45) is 5.86. The predicted octanol–water partition coefficient (Wildman–Crippen LogP) is 4.88. The molecule has 0 radical (unpaired) electrons. The molecule has 4 nitrogen and oxygen atoms in total. The van der Waals surface area contributed by atoms with Crippen molar-refractivity contribution in [3.63, 3.8) is 0 Å². The first-order valence-corrected chi connectivity index (χ1v) is 9.10. The van der Waals surface area contributed by atoms with Crippen LogP contribution in [0.3, 0.4) is 0 Å². The lowest BCUT2D eigenvalue weighted by Gasteiger charge is -2.30. The molecule has 2 aromatic rings. The van der Waals surface area contributed by atoms with Crippen molar-refractivity contribution in [1.29, 1.82) is 0 Å². The summed E-state index contributed by atoms with van der Waals surface area (Å²) >= 11 is 0. The van der Waals surface area contributed by atoms with Crippen molar-refractivity contribution in [2.45, 2.75) is 58.6 Å². The van der Waals surface area contributed by atoms with E-state index < -0.39 is 0 Å². The van der Waals surface area contributed by atoms with Gasteiger partial charge in [-0.1, -0.05) is 25.3 Å². The maximum atomic E-state index is 12.6. The molecular formula is C21H27NO3. The zero-order valence-corrected chi connectivity index (χ0v) is 15.4. The normalized spacial score (nSPS) is 15.2. The summed E-state index contributed by atoms with van der Waals surface area (Å²) in [5, 5.41) is 0. The number of carbonyl (C=O) groups is 1. The molecule has 1 amide bonds. The maximum Gasteiger partial charge on any atom is 0.289 e. The number of furan rings is 1. The van der Waals surface area contributed by atoms with Crippen molar-refractivity contribution in [3.05, 3.63) is 53.0 Å². The standard InChI is InChI=1S/C21H27NO3/c1-15-9-10-18(13-16(15)2)24-14-19-11-12-20(25-19)21(23)22(3)17-7-5-4-6-8-17/h9-13,17H,4-8,14H2,1-3H3. The SMILES string of the molecule is Cc1ccc(OCc2ccc(C(=O)N(C)C3CCCCC3)o2)cc1C. The van der Waals surface area contributed by atoms with Crippen LogP contribution < -0.4 is 4.74 Å². The Morgan fingerprint density at radius 3 is 2.60 bits per heavy atom. The van der Waals surface area contributed by atoms with Gasteiger partial charge in [0.15, 0.2) is 5.76 Å². The topological polar surface area (TPSA) is 42.7 Å². The van der Waals surface area contributed by atoms with E-state index in [-0.39, 0.29) is 5.91 Å². The number of hydrogen-bond donors (Lipinski definition) is 0. The summed E-state index contributed by atoms with van der Waals surface area (Å²) in [5.41, 5.74) is 2.44. The van der Waals surface area contributed by atoms with E-state index in [1.165, 1.54) is 30.4 Å². The number of benzene rings is 1. The average Bonchev–Trinajstić information content (AvgIpc) is 3.11. The third-order valence-electron chi connectivity index (χ3n) is 5.17. The molecule has 0 unspecified atom stereocenters. The van der Waals surface area contributed by atoms with Crippen molar-refractivity contribution < 1.29 is 13.9 Å². The zero-order chi connectivity index (χ0) is 17.8. The number of aryl methyl sites for hydroxylation is 2. The molecule has 0 saturated heterocycles. The third-order valence-corrected chi connectivity index (χ3v) is 5.17. The number of rotatable bonds is 5. The highest BCUT2D eigenvalue weighted by atomic mass is 16.5. The molecule has 0 atom stereocenters. The molecule has 1 aromatic heterocycles. The quantitative estimate of drug-likeness (QED) is 0.778. The second-order valence-electron chi connectivity index (χ2n) is 7.01. The van der Waals surface area contributed by atoms with Crippen molar-refractivity contribution in [1.82, 2.24) is 4.90 Å². The van der Waals surface area contributed by atoms with Crippen LogP contribution in [0.2, 0.25) is 0 Å². The maximum absolute atomic E-state index is 12.6. The van der Waals surface area contributed by atoms with Crippen LogP contribution in [-0.4, -0.2) is 23.9 Å². The summed E-state index contributed by atoms with van der Waals surface area (Å²) in [5.74, 6) is 1.83. The number of amides is 1. The van der Waals surface area contributed by atoms with Crippen LogP contribution in [0.5, 0.6) is 5.75 Å². The smallest absolute Gasteiger partial charge is 0.289 e. The first-order valence-electron chi connectivity index (χ1n) is 9.10. The molecule has 1 fully saturated rings. The van der Waals surface area contributed by atoms with Gasteiger partial charge in [-0.2, -0.15) is 0 Å². The molecule has 3 rings (SSSR count). The summed E-state index contributed by atoms with van der Waals surface area (Å²) in [4.78, 5) is 14.4. The van der Waals surface area contributed by atoms with E-state index in [9.17, 15) is 4.79 Å². The van der Waals surface area contributed by atoms with Crippen molar-refractivity contribution in [2.75, 3.05) is 7.05 Å². The van der Waals surface area contributed by atoms with E-state index in [1.54, 1.807) is 6.07 Å². The Bertz CT molecular complexity index is 728. The van der Waals surface area contributed by atoms with Crippen molar-refractivity contribution >= 4 is 5.91 Å². The first-order chi connectivity index (χ1) is 12.0. The van der Waals surface area contributed by atoms with Gasteiger partial charge in [0.25, 0.3) is 5.91 Å². The van der Waals surface area contributed by atoms with Crippen LogP contribution >= 0.6 is 0 Å². The van der Waals surface area contributed by atoms with Gasteiger partial charge in [-0.3, -0.25) is 4.79 Å². The third kappa shape index (κ3) is 4.25. The minimum absolute atomic E-state index is 0.0377. The first kappa shape index (κ1) is 17.6. The average molecular weight is 341 g/mol. The molecule has 0 N–H and O–H groups in total. The zero-order valence-electron chi connectivity index (χ0n) is 15.4. The van der Waals surface area contributed by atoms with Gasteiger partial charge in [-0.15, -0.1) is 0 Å². The lowest BCUT2D eigenvalue weighted by molar-refractivity contribution is 0.0660. The highest BCUT2D eigenvalue weighted by Gasteiger charge is 2.24. The van der Waals surface area contributed by atoms with Gasteiger partial charge < -0.3 is 14.1 Å². The Morgan fingerprint density at radius 1 is 1.12 bits per heavy atom. The summed E-state index contributed by atoms with van der Waals surface area (Å²) < 4.78 is 11.5. The second-order valence-corrected chi connectivity index (χ2v) is 7.01. The minimum atomic E-state index is -0.0377. The lowest BCUT2D eigenvalue weighted by atomic mass is 9.94. The molecule has 1 aromatic carbocycles. The van der Waals surface area contributed by atoms with Crippen LogP contribution in [0.25, 0.3) is 0 Å². The van der Waals surface area contributed by atoms with Gasteiger partial charge in [0.1, 0.15) is 18.1 Å². The number of ether oxygens (including phenoxy) is 1. The molecule has 134 valence electrons. The molecular weight excluding hydrogens is 314 g/mol. The molecule has 4 heteroatoms. The van der Waals surface area contributed by atoms with E-state index in [0.29, 0.717) is 24.2 Å². The molecule has 0 aliphatic heterocycles. The number of carbonyl (C=O) groups excluding carboxylic acids is 1. The fourth-order valence-electron chi connectivity index (χ4n) is 3.34. The fourth-order valence-corrected chi connectivity index (χ4v) is 3.34. The highest BCUT2D eigenvalue weighted by Crippen LogP contribution is 2.24. The van der Waals surface area contributed by atoms with E-state index in [2.05, 4.69) is 13.8 Å². The van der Waals surface area contributed by atoms with E-state index in [1.807, 2.05) is 36.2 Å². The van der Waals surface area contributed by atoms with Gasteiger partial charge in [0, 0.05) is 13.1 Å². The van der Waals surface area contributed by atoms with Gasteiger partial charge in [-0.05, 0) is 62.1 Å². The van der Waals surface area contributed by atoms with E-state index >= 15 is 0 Å². The van der Waals surface area contributed by atoms with E-state index in [0.717, 1.165) is 18.6 Å². The summed E-state index contributed by atoms with van der Waals surface area (Å²) in [6.45, 7) is 4.46. The molecule has 0 bridgehead atoms. The Labute approximate surface area is 149 Å². The Balaban J connectivity index is 1.59. The molecule has 1 aliphatic rings.